The minimum atomic E-state index is 0.329. The molecule has 0 aliphatic heterocycles. The van der Waals surface area contributed by atoms with Gasteiger partial charge < -0.3 is 8.83 Å². The topological polar surface area (TPSA) is 194 Å². The first-order chi connectivity index (χ1) is 42.9. The molecule has 0 aliphatic carbocycles. The van der Waals surface area contributed by atoms with Crippen LogP contribution in [0.4, 0.5) is 0 Å². The minimum Gasteiger partial charge on any atom is -0.445 e. The van der Waals surface area contributed by atoms with E-state index in [4.69, 9.17) is 8.83 Å². The van der Waals surface area contributed by atoms with Gasteiger partial charge in [0.05, 0.1) is 34.0 Å². The normalized spacial score (nSPS) is 11.3. The summed E-state index contributed by atoms with van der Waals surface area (Å²) >= 11 is 3.56. The first-order valence-corrected chi connectivity index (χ1v) is 35.5. The lowest BCUT2D eigenvalue weighted by molar-refractivity contribution is 0.417. The highest BCUT2D eigenvalue weighted by atomic mass is 32.1. The van der Waals surface area contributed by atoms with Crippen LogP contribution >= 0.6 is 22.7 Å². The molecule has 0 radical (unpaired) electrons. The summed E-state index contributed by atoms with van der Waals surface area (Å²) < 4.78 is 10.9. The van der Waals surface area contributed by atoms with E-state index in [9.17, 15) is 0 Å². The molecular formula is C75H123N13O2S2. The molecule has 8 rings (SSSR count). The summed E-state index contributed by atoms with van der Waals surface area (Å²) in [5.74, 6) is 11.9. The number of hydrogen-bond acceptors (Lipinski definition) is 17. The van der Waals surface area contributed by atoms with E-state index in [2.05, 4.69) is 284 Å². The third-order valence-corrected chi connectivity index (χ3v) is 16.9. The van der Waals surface area contributed by atoms with Gasteiger partial charge in [-0.25, -0.2) is 19.9 Å². The molecule has 0 N–H and O–H groups in total. The molecule has 512 valence electrons. The maximum absolute atomic E-state index is 5.50. The zero-order valence-corrected chi connectivity index (χ0v) is 64.7. The molecule has 92 heavy (non-hydrogen) atoms. The standard InChI is InChI=1S/C11H17N.3C10H16N2.C9H15NO.C9H15NS.C8H14N2O.C8H14N2S/c1-8(2)10-5-6-11(9(3)4)12-7-10;1-7(2)9-5-12-10(6-11-9)8(3)4;1-7(2)9-5-11-10(8(3)4)12-6-9;1-7(2)9-5-6-10(8(3)4)12-11-9;2*1-6(2)8-5-10-9(11-8)7(3)4;2*1-5(2)7-9-10-8(11-7)6(3)4/h5-9H,1-4H3;3*5-8H,1-4H3;2*5-7H,1-4H3;2*5-6H,1-4H3. The fraction of sp³-hybridized carbons (Fsp3) is 0.640. The van der Waals surface area contributed by atoms with E-state index in [1.165, 1.54) is 26.7 Å². The van der Waals surface area contributed by atoms with Gasteiger partial charge in [0.15, 0.2) is 5.89 Å². The minimum absolute atomic E-state index is 0.329. The van der Waals surface area contributed by atoms with Crippen LogP contribution in [0, 0.1) is 0 Å². The Hall–Kier alpha value is -6.07. The number of hydrogen-bond donors (Lipinski definition) is 0. The van der Waals surface area contributed by atoms with Crippen LogP contribution < -0.4 is 0 Å². The molecular weight excluding hydrogens is 1180 g/mol. The Kier molecular flexibility index (Phi) is 39.2. The summed E-state index contributed by atoms with van der Waals surface area (Å²) in [6.45, 7) is 68.1. The van der Waals surface area contributed by atoms with Crippen molar-refractivity contribution < 1.29 is 8.83 Å². The van der Waals surface area contributed by atoms with Crippen molar-refractivity contribution in [1.29, 1.82) is 0 Å². The third-order valence-electron chi connectivity index (χ3n) is 13.8. The second kappa shape index (κ2) is 43.0. The van der Waals surface area contributed by atoms with E-state index >= 15 is 0 Å². The summed E-state index contributed by atoms with van der Waals surface area (Å²) in [5, 5.41) is 27.9. The molecule has 8 heterocycles. The Morgan fingerprint density at radius 2 is 0.630 bits per heavy atom. The van der Waals surface area contributed by atoms with Crippen molar-refractivity contribution in [2.75, 3.05) is 0 Å². The summed E-state index contributed by atoms with van der Waals surface area (Å²) in [5.41, 5.74) is 7.98. The zero-order chi connectivity index (χ0) is 70.3. The monoisotopic (exact) mass is 1300 g/mol. The quantitative estimate of drug-likeness (QED) is 0.0886. The molecule has 0 aromatic carbocycles. The summed E-state index contributed by atoms with van der Waals surface area (Å²) in [6.07, 6.45) is 13.4. The molecule has 17 heteroatoms. The molecule has 15 nitrogen and oxygen atoms in total. The molecule has 0 unspecified atom stereocenters. The first-order valence-electron chi connectivity index (χ1n) is 33.9. The van der Waals surface area contributed by atoms with Crippen LogP contribution in [-0.4, -0.2) is 65.5 Å². The zero-order valence-electron chi connectivity index (χ0n) is 63.0. The van der Waals surface area contributed by atoms with Crippen LogP contribution in [0.3, 0.4) is 0 Å². The Bertz CT molecular complexity index is 2510. The van der Waals surface area contributed by atoms with E-state index in [0.717, 1.165) is 62.0 Å². The number of oxazole rings is 1. The Morgan fingerprint density at radius 1 is 0.239 bits per heavy atom. The third kappa shape index (κ3) is 32.2. The maximum atomic E-state index is 5.50. The van der Waals surface area contributed by atoms with Crippen LogP contribution in [-0.2, 0) is 0 Å². The highest BCUT2D eigenvalue weighted by molar-refractivity contribution is 7.11. The molecule has 0 amide bonds. The van der Waals surface area contributed by atoms with Crippen molar-refractivity contribution in [2.45, 2.75) is 316 Å². The van der Waals surface area contributed by atoms with Gasteiger partial charge in [0.2, 0.25) is 11.8 Å². The fourth-order valence-electron chi connectivity index (χ4n) is 7.05. The van der Waals surface area contributed by atoms with Gasteiger partial charge in [0, 0.05) is 95.1 Å². The van der Waals surface area contributed by atoms with Crippen LogP contribution in [0.2, 0.25) is 0 Å². The molecule has 0 saturated heterocycles. The van der Waals surface area contributed by atoms with E-state index in [1.54, 1.807) is 11.3 Å². The lowest BCUT2D eigenvalue weighted by atomic mass is 10.0. The van der Waals surface area contributed by atoms with Gasteiger partial charge in [0.25, 0.3) is 0 Å². The summed E-state index contributed by atoms with van der Waals surface area (Å²) in [6, 6.07) is 8.42. The summed E-state index contributed by atoms with van der Waals surface area (Å²) in [4.78, 5) is 31.6. The van der Waals surface area contributed by atoms with Gasteiger partial charge in [-0.1, -0.05) is 228 Å². The lowest BCUT2D eigenvalue weighted by Crippen LogP contribution is -1.99. The Morgan fingerprint density at radius 3 is 0.870 bits per heavy atom. The van der Waals surface area contributed by atoms with Gasteiger partial charge in [-0.3, -0.25) is 15.0 Å². The van der Waals surface area contributed by atoms with Crippen LogP contribution in [0.25, 0.3) is 0 Å². The van der Waals surface area contributed by atoms with E-state index in [0.29, 0.717) is 94.7 Å². The smallest absolute Gasteiger partial charge is 0.219 e. The number of pyridine rings is 1. The number of nitrogens with zero attached hydrogens (tertiary/aromatic N) is 13. The van der Waals surface area contributed by atoms with Gasteiger partial charge in [-0.15, -0.1) is 43.1 Å². The molecule has 0 atom stereocenters. The molecule has 8 aromatic rings. The predicted molar refractivity (Wildman–Crippen MR) is 389 cm³/mol. The maximum Gasteiger partial charge on any atom is 0.219 e. The molecule has 0 bridgehead atoms. The molecule has 0 spiro atoms. The second-order valence-corrected chi connectivity index (χ2v) is 30.4. The van der Waals surface area contributed by atoms with Crippen LogP contribution in [0.15, 0.2) is 76.5 Å². The van der Waals surface area contributed by atoms with Gasteiger partial charge >= 0.3 is 0 Å². The SMILES string of the molecule is CC(C)c1ccc(C(C)C)nc1.CC(C)c1ccc(C(C)C)nn1.CC(C)c1cnc(C(C)C)cn1.CC(C)c1cnc(C(C)C)nc1.CC(C)c1cnc(C(C)C)o1.CC(C)c1cnc(C(C)C)s1.CC(C)c1nnc(C(C)C)o1.CC(C)c1nnc(C(C)C)s1. The van der Waals surface area contributed by atoms with Crippen molar-refractivity contribution >= 4 is 22.7 Å². The molecule has 0 fully saturated rings. The molecule has 8 aromatic heterocycles. The van der Waals surface area contributed by atoms with Crippen LogP contribution in [0.5, 0.6) is 0 Å². The molecule has 0 saturated carbocycles. The fourth-order valence-corrected chi connectivity index (χ4v) is 8.83. The van der Waals surface area contributed by atoms with Crippen molar-refractivity contribution in [2.24, 2.45) is 0 Å². The van der Waals surface area contributed by atoms with Gasteiger partial charge in [-0.2, -0.15) is 10.2 Å². The van der Waals surface area contributed by atoms with Gasteiger partial charge in [-0.05, 0) is 76.7 Å². The average Bonchev–Trinajstić information content (AvgIpc) is 3.33. The second-order valence-electron chi connectivity index (χ2n) is 28.3. The predicted octanol–water partition coefficient (Wildman–Crippen LogP) is 22.9. The van der Waals surface area contributed by atoms with Crippen LogP contribution in [0.1, 0.15) is 405 Å². The van der Waals surface area contributed by atoms with Gasteiger partial charge in [0.1, 0.15) is 21.6 Å². The summed E-state index contributed by atoms with van der Waals surface area (Å²) in [7, 11) is 0. The van der Waals surface area contributed by atoms with E-state index < -0.39 is 0 Å². The lowest BCUT2D eigenvalue weighted by Gasteiger charge is -2.07. The highest BCUT2D eigenvalue weighted by Gasteiger charge is 2.14. The largest absolute Gasteiger partial charge is 0.445 e. The number of thiazole rings is 1. The van der Waals surface area contributed by atoms with E-state index in [1.807, 2.05) is 82.4 Å². The Balaban J connectivity index is 0.000000526. The molecule has 0 aliphatic rings. The number of aromatic nitrogens is 13. The van der Waals surface area contributed by atoms with Crippen molar-refractivity contribution in [1.82, 2.24) is 65.5 Å². The van der Waals surface area contributed by atoms with Crippen molar-refractivity contribution in [3.8, 4) is 0 Å². The number of rotatable bonds is 16. The van der Waals surface area contributed by atoms with Crippen molar-refractivity contribution in [3.63, 3.8) is 0 Å². The van der Waals surface area contributed by atoms with Crippen molar-refractivity contribution in [3.05, 3.63) is 156 Å². The average molecular weight is 1300 g/mol. The highest BCUT2D eigenvalue weighted by Crippen LogP contribution is 2.28. The van der Waals surface area contributed by atoms with E-state index in [-0.39, 0.29) is 0 Å². The first kappa shape index (κ1) is 83.9. The Labute approximate surface area is 566 Å².